The van der Waals surface area contributed by atoms with E-state index < -0.39 is 5.91 Å². The molecule has 0 aliphatic rings. The molecule has 7 heteroatoms. The molecule has 2 N–H and O–H groups in total. The predicted octanol–water partition coefficient (Wildman–Crippen LogP) is 2.74. The van der Waals surface area contributed by atoms with Crippen LogP contribution in [0.3, 0.4) is 0 Å². The highest BCUT2D eigenvalue weighted by Gasteiger charge is 2.10. The van der Waals surface area contributed by atoms with Crippen LogP contribution in [-0.2, 0) is 11.2 Å². The number of amides is 2. The highest BCUT2D eigenvalue weighted by atomic mass is 16.5. The summed E-state index contributed by atoms with van der Waals surface area (Å²) in [4.78, 5) is 28.1. The minimum atomic E-state index is -0.409. The third-order valence-electron chi connectivity index (χ3n) is 3.85. The molecule has 138 valence electrons. The van der Waals surface area contributed by atoms with Crippen LogP contribution in [0.2, 0.25) is 0 Å². The Morgan fingerprint density at radius 1 is 1.04 bits per heavy atom. The number of benzene rings is 2. The Kier molecular flexibility index (Phi) is 5.84. The quantitative estimate of drug-likeness (QED) is 0.655. The van der Waals surface area contributed by atoms with E-state index in [0.29, 0.717) is 29.4 Å². The van der Waals surface area contributed by atoms with Crippen LogP contribution in [-0.4, -0.2) is 23.9 Å². The summed E-state index contributed by atoms with van der Waals surface area (Å²) in [6.45, 7) is 0. The van der Waals surface area contributed by atoms with Crippen molar-refractivity contribution in [3.8, 4) is 17.1 Å². The second-order valence-corrected chi connectivity index (χ2v) is 5.72. The Balaban J connectivity index is 1.45. The number of ether oxygens (including phenoxy) is 1. The van der Waals surface area contributed by atoms with Gasteiger partial charge in [0.1, 0.15) is 5.75 Å². The molecular formula is C20H19N3O4. The zero-order chi connectivity index (χ0) is 19.1. The van der Waals surface area contributed by atoms with Gasteiger partial charge in [-0.2, -0.15) is 0 Å². The Hall–Kier alpha value is -3.61. The average Bonchev–Trinajstić information content (AvgIpc) is 3.20. The summed E-state index contributed by atoms with van der Waals surface area (Å²) in [5, 5.41) is 0. The number of oxazole rings is 1. The van der Waals surface area contributed by atoms with Crippen LogP contribution in [0, 0.1) is 0 Å². The fourth-order valence-electron chi connectivity index (χ4n) is 2.39. The molecule has 0 aliphatic carbocycles. The molecule has 7 nitrogen and oxygen atoms in total. The molecule has 2 amide bonds. The highest BCUT2D eigenvalue weighted by molar-refractivity contribution is 5.95. The van der Waals surface area contributed by atoms with Gasteiger partial charge in [-0.3, -0.25) is 20.4 Å². The molecule has 0 saturated carbocycles. The van der Waals surface area contributed by atoms with E-state index in [1.54, 1.807) is 37.6 Å². The van der Waals surface area contributed by atoms with Crippen LogP contribution >= 0.6 is 0 Å². The first-order valence-corrected chi connectivity index (χ1v) is 8.39. The molecule has 0 saturated heterocycles. The van der Waals surface area contributed by atoms with E-state index in [1.165, 1.54) is 0 Å². The lowest BCUT2D eigenvalue weighted by molar-refractivity contribution is -0.121. The number of nitrogens with zero attached hydrogens (tertiary/aromatic N) is 1. The Labute approximate surface area is 156 Å². The maximum absolute atomic E-state index is 12.0. The summed E-state index contributed by atoms with van der Waals surface area (Å²) in [6, 6.07) is 16.2. The molecule has 0 bridgehead atoms. The molecule has 1 aromatic heterocycles. The monoisotopic (exact) mass is 365 g/mol. The van der Waals surface area contributed by atoms with Crippen molar-refractivity contribution in [1.82, 2.24) is 15.8 Å². The molecule has 2 aromatic carbocycles. The number of rotatable bonds is 6. The van der Waals surface area contributed by atoms with E-state index in [4.69, 9.17) is 9.15 Å². The van der Waals surface area contributed by atoms with Crippen molar-refractivity contribution >= 4 is 11.8 Å². The molecule has 0 aliphatic heterocycles. The normalized spacial score (nSPS) is 10.3. The van der Waals surface area contributed by atoms with Crippen LogP contribution in [0.15, 0.2) is 65.2 Å². The van der Waals surface area contributed by atoms with E-state index in [1.807, 2.05) is 30.3 Å². The summed E-state index contributed by atoms with van der Waals surface area (Å²) in [7, 11) is 1.55. The number of carbonyl (C=O) groups excluding carboxylic acids is 2. The number of nitrogens with one attached hydrogen (secondary N) is 2. The van der Waals surface area contributed by atoms with Crippen LogP contribution in [0.5, 0.6) is 5.75 Å². The number of aromatic nitrogens is 1. The lowest BCUT2D eigenvalue weighted by Crippen LogP contribution is -2.41. The second kappa shape index (κ2) is 8.66. The molecule has 0 unspecified atom stereocenters. The summed E-state index contributed by atoms with van der Waals surface area (Å²) in [5.41, 5.74) is 6.09. The predicted molar refractivity (Wildman–Crippen MR) is 98.9 cm³/mol. The van der Waals surface area contributed by atoms with Gasteiger partial charge in [-0.15, -0.1) is 0 Å². The van der Waals surface area contributed by atoms with Gasteiger partial charge in [-0.1, -0.05) is 30.3 Å². The smallest absolute Gasteiger partial charge is 0.269 e. The van der Waals surface area contributed by atoms with E-state index in [0.717, 1.165) is 5.56 Å². The maximum Gasteiger partial charge on any atom is 0.269 e. The summed E-state index contributed by atoms with van der Waals surface area (Å²) in [6.07, 6.45) is 2.10. The third-order valence-corrected chi connectivity index (χ3v) is 3.85. The largest absolute Gasteiger partial charge is 0.497 e. The first-order valence-electron chi connectivity index (χ1n) is 8.39. The van der Waals surface area contributed by atoms with E-state index in [-0.39, 0.29) is 12.3 Å². The third kappa shape index (κ3) is 4.94. The van der Waals surface area contributed by atoms with E-state index >= 15 is 0 Å². The molecular weight excluding hydrogens is 346 g/mol. The number of hydrazine groups is 1. The molecule has 0 fully saturated rings. The molecule has 27 heavy (non-hydrogen) atoms. The van der Waals surface area contributed by atoms with Crippen LogP contribution in [0.25, 0.3) is 11.3 Å². The van der Waals surface area contributed by atoms with E-state index in [2.05, 4.69) is 15.8 Å². The first-order chi connectivity index (χ1) is 13.2. The molecule has 3 aromatic rings. The SMILES string of the molecule is COc1ccc(C(=O)NNC(=O)CCc2ncc(-c3ccccc3)o2)cc1. The number of hydrogen-bond donors (Lipinski definition) is 2. The lowest BCUT2D eigenvalue weighted by atomic mass is 10.2. The Bertz CT molecular complexity index is 904. The Morgan fingerprint density at radius 3 is 2.48 bits per heavy atom. The first kappa shape index (κ1) is 18.2. The highest BCUT2D eigenvalue weighted by Crippen LogP contribution is 2.20. The molecule has 0 spiro atoms. The number of carbonyl (C=O) groups is 2. The minimum absolute atomic E-state index is 0.137. The van der Waals surface area contributed by atoms with Gasteiger partial charge in [-0.05, 0) is 24.3 Å². The number of methoxy groups -OCH3 is 1. The van der Waals surface area contributed by atoms with Gasteiger partial charge < -0.3 is 9.15 Å². The van der Waals surface area contributed by atoms with Crippen LogP contribution < -0.4 is 15.6 Å². The van der Waals surface area contributed by atoms with Gasteiger partial charge >= 0.3 is 0 Å². The number of hydrogen-bond acceptors (Lipinski definition) is 5. The maximum atomic E-state index is 12.0. The zero-order valence-corrected chi connectivity index (χ0v) is 14.8. The topological polar surface area (TPSA) is 93.5 Å². The summed E-state index contributed by atoms with van der Waals surface area (Å²) in [5.74, 6) is 1.02. The van der Waals surface area contributed by atoms with Crippen molar-refractivity contribution in [3.05, 3.63) is 72.2 Å². The van der Waals surface area contributed by atoms with Gasteiger partial charge in [0.05, 0.1) is 13.3 Å². The van der Waals surface area contributed by atoms with Gasteiger partial charge in [0.2, 0.25) is 5.91 Å². The van der Waals surface area contributed by atoms with Gasteiger partial charge in [0.15, 0.2) is 11.7 Å². The molecule has 3 rings (SSSR count). The van der Waals surface area contributed by atoms with E-state index in [9.17, 15) is 9.59 Å². The molecule has 1 heterocycles. The second-order valence-electron chi connectivity index (χ2n) is 5.72. The van der Waals surface area contributed by atoms with Gasteiger partial charge in [0, 0.05) is 24.0 Å². The van der Waals surface area contributed by atoms with Crippen molar-refractivity contribution in [2.24, 2.45) is 0 Å². The minimum Gasteiger partial charge on any atom is -0.497 e. The van der Waals surface area contributed by atoms with Crippen molar-refractivity contribution in [1.29, 1.82) is 0 Å². The van der Waals surface area contributed by atoms with Gasteiger partial charge in [-0.25, -0.2) is 4.98 Å². The number of aryl methyl sites for hydroxylation is 1. The lowest BCUT2D eigenvalue weighted by Gasteiger charge is -2.07. The van der Waals surface area contributed by atoms with Crippen LogP contribution in [0.4, 0.5) is 0 Å². The molecule has 0 atom stereocenters. The van der Waals surface area contributed by atoms with Crippen molar-refractivity contribution in [2.75, 3.05) is 7.11 Å². The molecule has 0 radical (unpaired) electrons. The fourth-order valence-corrected chi connectivity index (χ4v) is 2.39. The fraction of sp³-hybridized carbons (Fsp3) is 0.150. The van der Waals surface area contributed by atoms with Crippen molar-refractivity contribution < 1.29 is 18.7 Å². The summed E-state index contributed by atoms with van der Waals surface area (Å²) >= 11 is 0. The van der Waals surface area contributed by atoms with Crippen molar-refractivity contribution in [2.45, 2.75) is 12.8 Å². The van der Waals surface area contributed by atoms with Crippen molar-refractivity contribution in [3.63, 3.8) is 0 Å². The summed E-state index contributed by atoms with van der Waals surface area (Å²) < 4.78 is 10.7. The average molecular weight is 365 g/mol. The van der Waals surface area contributed by atoms with Gasteiger partial charge in [0.25, 0.3) is 5.91 Å². The standard InChI is InChI=1S/C20H19N3O4/c1-26-16-9-7-15(8-10-16)20(25)23-22-18(24)11-12-19-21-13-17(27-19)14-5-3-2-4-6-14/h2-10,13H,11-12H2,1H3,(H,22,24)(H,23,25). The van der Waals surface area contributed by atoms with Crippen LogP contribution in [0.1, 0.15) is 22.7 Å². The Morgan fingerprint density at radius 2 is 1.78 bits per heavy atom. The zero-order valence-electron chi connectivity index (χ0n) is 14.8.